The smallest absolute Gasteiger partial charge is 0.411 e. The number of rotatable bonds is 3. The fourth-order valence-corrected chi connectivity index (χ4v) is 5.46. The minimum atomic E-state index is -0.973. The molecule has 222 valence electrons. The summed E-state index contributed by atoms with van der Waals surface area (Å²) in [6.45, 7) is 1.77. The third-order valence-electron chi connectivity index (χ3n) is 7.60. The van der Waals surface area contributed by atoms with Crippen LogP contribution in [0.5, 0.6) is 0 Å². The Labute approximate surface area is 250 Å². The molecule has 11 heteroatoms. The van der Waals surface area contributed by atoms with Gasteiger partial charge in [-0.15, -0.1) is 0 Å². The van der Waals surface area contributed by atoms with Crippen molar-refractivity contribution in [3.63, 3.8) is 0 Å². The molecule has 2 atom stereocenters. The largest absolute Gasteiger partial charge is 0.618 e. The van der Waals surface area contributed by atoms with Gasteiger partial charge in [-0.25, -0.2) is 18.0 Å². The summed E-state index contributed by atoms with van der Waals surface area (Å²) in [7, 11) is 1.22. The van der Waals surface area contributed by atoms with E-state index in [1.54, 1.807) is 31.2 Å². The highest BCUT2D eigenvalue weighted by Gasteiger charge is 2.27. The minimum Gasteiger partial charge on any atom is -0.618 e. The summed E-state index contributed by atoms with van der Waals surface area (Å²) >= 11 is 5.85. The Morgan fingerprint density at radius 2 is 1.79 bits per heavy atom. The second kappa shape index (κ2) is 12.3. The summed E-state index contributed by atoms with van der Waals surface area (Å²) in [6.07, 6.45) is 1.86. The number of aromatic nitrogens is 1. The Bertz CT molecular complexity index is 1730. The Morgan fingerprint density at radius 1 is 1.02 bits per heavy atom. The number of carbonyl (C=O) groups excluding carboxylic acids is 2. The summed E-state index contributed by atoms with van der Waals surface area (Å²) in [5.74, 6) is -3.64. The standard InChI is InChI=1S/C32H27ClF3N3O4/c1-17-4-3-5-21(28-13-7-19(16-39(28)42)29-26(35)12-10-24(33)30(29)36)18-6-11-25(34)23(14-18)22-9-8-20(37-32(41)43-2)15-27(22)38-31(17)40/h6-17,21H,3-5H2,1-2H3,(H,37,41)(H,38,40). The molecule has 1 aliphatic rings. The molecular weight excluding hydrogens is 583 g/mol. The van der Waals surface area contributed by atoms with Crippen LogP contribution in [0.15, 0.2) is 66.9 Å². The normalized spacial score (nSPS) is 16.7. The molecule has 0 fully saturated rings. The highest BCUT2D eigenvalue weighted by Crippen LogP contribution is 2.38. The van der Waals surface area contributed by atoms with E-state index in [4.69, 9.17) is 11.6 Å². The van der Waals surface area contributed by atoms with E-state index in [0.29, 0.717) is 40.8 Å². The van der Waals surface area contributed by atoms with Crippen molar-refractivity contribution in [1.29, 1.82) is 0 Å². The molecule has 0 saturated heterocycles. The quantitative estimate of drug-likeness (QED) is 0.141. The van der Waals surface area contributed by atoms with E-state index >= 15 is 4.39 Å². The zero-order valence-electron chi connectivity index (χ0n) is 23.2. The average molecular weight is 610 g/mol. The maximum atomic E-state index is 15.4. The van der Waals surface area contributed by atoms with E-state index in [2.05, 4.69) is 15.4 Å². The third-order valence-corrected chi connectivity index (χ3v) is 7.90. The van der Waals surface area contributed by atoms with Gasteiger partial charge >= 0.3 is 6.09 Å². The second-order valence-corrected chi connectivity index (χ2v) is 10.8. The van der Waals surface area contributed by atoms with Gasteiger partial charge in [0.2, 0.25) is 5.91 Å². The number of nitrogens with one attached hydrogen (secondary N) is 2. The molecule has 0 spiro atoms. The lowest BCUT2D eigenvalue weighted by Crippen LogP contribution is -2.34. The van der Waals surface area contributed by atoms with Crippen molar-refractivity contribution in [2.45, 2.75) is 32.1 Å². The van der Waals surface area contributed by atoms with E-state index in [0.717, 1.165) is 18.3 Å². The predicted molar refractivity (Wildman–Crippen MR) is 157 cm³/mol. The van der Waals surface area contributed by atoms with Gasteiger partial charge in [-0.05, 0) is 60.9 Å². The molecule has 2 N–H and O–H groups in total. The van der Waals surface area contributed by atoms with Crippen LogP contribution in [0.2, 0.25) is 5.02 Å². The maximum absolute atomic E-state index is 15.4. The lowest BCUT2D eigenvalue weighted by molar-refractivity contribution is -0.614. The lowest BCUT2D eigenvalue weighted by atomic mass is 9.86. The third kappa shape index (κ3) is 6.15. The van der Waals surface area contributed by atoms with Crippen molar-refractivity contribution >= 4 is 35.0 Å². The monoisotopic (exact) mass is 609 g/mol. The molecule has 43 heavy (non-hydrogen) atoms. The van der Waals surface area contributed by atoms with Gasteiger partial charge in [0.25, 0.3) is 0 Å². The summed E-state index contributed by atoms with van der Waals surface area (Å²) in [5.41, 5.74) is 1.68. The van der Waals surface area contributed by atoms with Gasteiger partial charge in [-0.1, -0.05) is 37.1 Å². The number of methoxy groups -OCH3 is 1. The average Bonchev–Trinajstić information content (AvgIpc) is 2.98. The fourth-order valence-electron chi connectivity index (χ4n) is 5.30. The van der Waals surface area contributed by atoms with Crippen LogP contribution in [0.3, 0.4) is 0 Å². The lowest BCUT2D eigenvalue weighted by Gasteiger charge is -2.22. The van der Waals surface area contributed by atoms with E-state index in [-0.39, 0.29) is 33.4 Å². The predicted octanol–water partition coefficient (Wildman–Crippen LogP) is 7.79. The van der Waals surface area contributed by atoms with Crippen LogP contribution in [0.4, 0.5) is 29.3 Å². The van der Waals surface area contributed by atoms with E-state index in [1.165, 1.54) is 31.4 Å². The maximum Gasteiger partial charge on any atom is 0.411 e. The molecule has 7 nitrogen and oxygen atoms in total. The number of anilines is 2. The Morgan fingerprint density at radius 3 is 2.53 bits per heavy atom. The van der Waals surface area contributed by atoms with E-state index in [9.17, 15) is 23.6 Å². The first kappa shape index (κ1) is 29.9. The first-order valence-electron chi connectivity index (χ1n) is 13.5. The topological polar surface area (TPSA) is 94.4 Å². The van der Waals surface area contributed by atoms with Crippen LogP contribution in [-0.4, -0.2) is 19.1 Å². The molecule has 2 bridgehead atoms. The molecule has 2 amide bonds. The van der Waals surface area contributed by atoms with Gasteiger partial charge in [0.15, 0.2) is 17.7 Å². The van der Waals surface area contributed by atoms with Crippen molar-refractivity contribution in [3.05, 3.63) is 106 Å². The number of hydrogen-bond acceptors (Lipinski definition) is 4. The SMILES string of the molecule is COC(=O)Nc1ccc2c(c1)NC(=O)C(C)CCCC(c1ccc(-c3c(F)ccc(Cl)c3F)c[n+]1[O-])c1ccc(F)c-2c1. The number of amides is 2. The van der Waals surface area contributed by atoms with Crippen molar-refractivity contribution < 1.29 is 32.2 Å². The van der Waals surface area contributed by atoms with Crippen LogP contribution in [0.1, 0.15) is 43.4 Å². The number of hydrogen-bond donors (Lipinski definition) is 2. The number of carbonyl (C=O) groups is 2. The van der Waals surface area contributed by atoms with Gasteiger partial charge in [0.1, 0.15) is 11.6 Å². The Hall–Kier alpha value is -4.57. The number of ether oxygens (including phenoxy) is 1. The second-order valence-electron chi connectivity index (χ2n) is 10.4. The first-order valence-corrected chi connectivity index (χ1v) is 13.9. The molecular formula is C32H27ClF3N3O4. The van der Waals surface area contributed by atoms with Gasteiger partial charge in [0, 0.05) is 28.8 Å². The van der Waals surface area contributed by atoms with Crippen molar-refractivity contribution in [3.8, 4) is 22.3 Å². The summed E-state index contributed by atoms with van der Waals surface area (Å²) in [6, 6.07) is 14.2. The molecule has 4 aromatic rings. The van der Waals surface area contributed by atoms with Gasteiger partial charge in [-0.2, -0.15) is 4.73 Å². The summed E-state index contributed by atoms with van der Waals surface area (Å²) in [4.78, 5) is 24.9. The molecule has 1 aromatic heterocycles. The highest BCUT2D eigenvalue weighted by atomic mass is 35.5. The summed E-state index contributed by atoms with van der Waals surface area (Å²) in [5, 5.41) is 18.5. The first-order chi connectivity index (χ1) is 20.6. The van der Waals surface area contributed by atoms with Crippen LogP contribution in [0, 0.1) is 28.6 Å². The van der Waals surface area contributed by atoms with Crippen LogP contribution >= 0.6 is 11.6 Å². The zero-order valence-corrected chi connectivity index (χ0v) is 24.0. The Balaban J connectivity index is 1.62. The summed E-state index contributed by atoms with van der Waals surface area (Å²) < 4.78 is 49.8. The molecule has 0 aliphatic carbocycles. The van der Waals surface area contributed by atoms with Gasteiger partial charge in [0.05, 0.1) is 34.9 Å². The number of fused-ring (bicyclic) bond motifs is 4. The van der Waals surface area contributed by atoms with Gasteiger partial charge < -0.3 is 15.3 Å². The fraction of sp³-hybridized carbons (Fsp3) is 0.219. The van der Waals surface area contributed by atoms with Crippen LogP contribution in [-0.2, 0) is 9.53 Å². The van der Waals surface area contributed by atoms with Crippen LogP contribution < -0.4 is 15.4 Å². The minimum absolute atomic E-state index is 0.0137. The zero-order chi connectivity index (χ0) is 30.8. The number of benzene rings is 3. The number of halogens is 4. The number of nitrogens with zero attached hydrogens (tertiary/aromatic N) is 1. The molecule has 5 rings (SSSR count). The molecule has 3 aromatic carbocycles. The molecule has 0 saturated carbocycles. The van der Waals surface area contributed by atoms with Crippen molar-refractivity contribution in [2.24, 2.45) is 5.92 Å². The van der Waals surface area contributed by atoms with Crippen LogP contribution in [0.25, 0.3) is 22.3 Å². The molecule has 1 aliphatic heterocycles. The van der Waals surface area contributed by atoms with Crippen molar-refractivity contribution in [2.75, 3.05) is 17.7 Å². The number of pyridine rings is 1. The Kier molecular flexibility index (Phi) is 8.59. The van der Waals surface area contributed by atoms with E-state index in [1.807, 2.05) is 0 Å². The molecule has 2 unspecified atom stereocenters. The van der Waals surface area contributed by atoms with Gasteiger partial charge in [-0.3, -0.25) is 10.1 Å². The van der Waals surface area contributed by atoms with Crippen molar-refractivity contribution in [1.82, 2.24) is 0 Å². The van der Waals surface area contributed by atoms with E-state index < -0.39 is 40.9 Å². The molecule has 0 radical (unpaired) electrons. The molecule has 2 heterocycles. The highest BCUT2D eigenvalue weighted by molar-refractivity contribution is 6.31.